The van der Waals surface area contributed by atoms with E-state index in [9.17, 15) is 13.9 Å². The second kappa shape index (κ2) is 4.03. The molecule has 1 heterocycles. The maximum atomic E-state index is 13.1. The topological polar surface area (TPSA) is 90.2 Å². The highest BCUT2D eigenvalue weighted by Crippen LogP contribution is 2.30. The lowest BCUT2D eigenvalue weighted by molar-refractivity contribution is -0.338. The second-order valence-electron chi connectivity index (χ2n) is 3.20. The molecule has 5 atom stereocenters. The normalized spacial score (nSPS) is 49.3. The molecule has 14 heavy (non-hydrogen) atoms. The molecule has 5 nitrogen and oxygen atoms in total. The third-order valence-electron chi connectivity index (χ3n) is 2.19. The quantitative estimate of drug-likeness (QED) is 0.431. The van der Waals surface area contributed by atoms with E-state index in [4.69, 9.17) is 15.3 Å². The zero-order valence-electron chi connectivity index (χ0n) is 7.18. The summed E-state index contributed by atoms with van der Waals surface area (Å²) in [6, 6.07) is 0. The molecule has 0 aromatic carbocycles. The van der Waals surface area contributed by atoms with Gasteiger partial charge in [-0.25, -0.2) is 8.78 Å². The summed E-state index contributed by atoms with van der Waals surface area (Å²) in [7, 11) is 0. The summed E-state index contributed by atoms with van der Waals surface area (Å²) in [6.07, 6.45) is -7.54. The fourth-order valence-corrected chi connectivity index (χ4v) is 1.31. The Balaban J connectivity index is 2.84. The molecule has 0 saturated carbocycles. The Bertz CT molecular complexity index is 203. The number of alkyl halides is 2. The summed E-state index contributed by atoms with van der Waals surface area (Å²) in [6.45, 7) is -2.33. The fraction of sp³-hybridized carbons (Fsp3) is 1.00. The minimum absolute atomic E-state index is 0.757. The van der Waals surface area contributed by atoms with E-state index in [1.165, 1.54) is 0 Å². The van der Waals surface area contributed by atoms with Crippen molar-refractivity contribution in [2.75, 3.05) is 13.3 Å². The maximum Gasteiger partial charge on any atom is 0.230 e. The predicted octanol–water partition coefficient (Wildman–Crippen LogP) is -1.90. The number of aliphatic hydroxyl groups is 4. The van der Waals surface area contributed by atoms with Crippen molar-refractivity contribution in [1.82, 2.24) is 0 Å². The van der Waals surface area contributed by atoms with E-state index in [-0.39, 0.29) is 0 Å². The van der Waals surface area contributed by atoms with Gasteiger partial charge in [-0.15, -0.1) is 0 Å². The van der Waals surface area contributed by atoms with Gasteiger partial charge >= 0.3 is 0 Å². The standard InChI is InChI=1S/C7H12F2O5/c8-2-7(13)6(9)5(12)4(11)3(1-10)14-7/h3-6,10-13H,1-2H2/t3-,4-,5+,6+,7+/m1/s1. The Morgan fingerprint density at radius 2 is 1.86 bits per heavy atom. The van der Waals surface area contributed by atoms with Crippen molar-refractivity contribution in [3.8, 4) is 0 Å². The zero-order valence-corrected chi connectivity index (χ0v) is 7.18. The van der Waals surface area contributed by atoms with E-state index < -0.39 is 43.6 Å². The van der Waals surface area contributed by atoms with Gasteiger partial charge in [0.2, 0.25) is 5.79 Å². The van der Waals surface area contributed by atoms with E-state index in [1.807, 2.05) is 0 Å². The van der Waals surface area contributed by atoms with Gasteiger partial charge in [-0.1, -0.05) is 0 Å². The van der Waals surface area contributed by atoms with Gasteiger partial charge in [-0.05, 0) is 0 Å². The first-order valence-electron chi connectivity index (χ1n) is 4.03. The molecule has 7 heteroatoms. The molecule has 1 saturated heterocycles. The van der Waals surface area contributed by atoms with Gasteiger partial charge < -0.3 is 25.2 Å². The zero-order chi connectivity index (χ0) is 10.9. The van der Waals surface area contributed by atoms with Crippen molar-refractivity contribution in [1.29, 1.82) is 0 Å². The minimum Gasteiger partial charge on any atom is -0.394 e. The molecule has 0 unspecified atom stereocenters. The smallest absolute Gasteiger partial charge is 0.230 e. The molecule has 1 aliphatic rings. The van der Waals surface area contributed by atoms with Crippen molar-refractivity contribution in [3.05, 3.63) is 0 Å². The SMILES string of the molecule is OC[C@H]1O[C@@](O)(CF)[C@@H](F)[C@@H](O)[C@@H]1O. The number of aliphatic hydroxyl groups excluding tert-OH is 3. The molecule has 1 rings (SSSR count). The Hall–Kier alpha value is -0.340. The largest absolute Gasteiger partial charge is 0.394 e. The van der Waals surface area contributed by atoms with Gasteiger partial charge in [-0.2, -0.15) is 0 Å². The van der Waals surface area contributed by atoms with Crippen molar-refractivity contribution < 1.29 is 33.9 Å². The summed E-state index contributed by atoms with van der Waals surface area (Å²) in [5.41, 5.74) is 0. The highest BCUT2D eigenvalue weighted by atomic mass is 19.1. The van der Waals surface area contributed by atoms with Crippen molar-refractivity contribution in [2.45, 2.75) is 30.3 Å². The average Bonchev–Trinajstić information content (AvgIpc) is 2.20. The van der Waals surface area contributed by atoms with E-state index in [0.717, 1.165) is 0 Å². The lowest BCUT2D eigenvalue weighted by atomic mass is 9.94. The Morgan fingerprint density at radius 1 is 1.29 bits per heavy atom. The summed E-state index contributed by atoms with van der Waals surface area (Å²) < 4.78 is 29.7. The van der Waals surface area contributed by atoms with Gasteiger partial charge in [0, 0.05) is 0 Å². The highest BCUT2D eigenvalue weighted by Gasteiger charge is 2.54. The van der Waals surface area contributed by atoms with Crippen LogP contribution in [0.2, 0.25) is 0 Å². The Kier molecular flexibility index (Phi) is 3.38. The van der Waals surface area contributed by atoms with Gasteiger partial charge in [0.15, 0.2) is 6.17 Å². The molecule has 4 N–H and O–H groups in total. The predicted molar refractivity (Wildman–Crippen MR) is 39.8 cm³/mol. The average molecular weight is 214 g/mol. The molecule has 0 aliphatic carbocycles. The van der Waals surface area contributed by atoms with E-state index >= 15 is 0 Å². The number of hydrogen-bond donors (Lipinski definition) is 4. The summed E-state index contributed by atoms with van der Waals surface area (Å²) >= 11 is 0. The van der Waals surface area contributed by atoms with Crippen molar-refractivity contribution >= 4 is 0 Å². The Labute approximate surface area is 78.5 Å². The van der Waals surface area contributed by atoms with Crippen LogP contribution in [0.25, 0.3) is 0 Å². The monoisotopic (exact) mass is 214 g/mol. The third kappa shape index (κ3) is 1.73. The fourth-order valence-electron chi connectivity index (χ4n) is 1.31. The number of ether oxygens (including phenoxy) is 1. The molecule has 0 amide bonds. The minimum atomic E-state index is -2.80. The van der Waals surface area contributed by atoms with Crippen LogP contribution in [-0.4, -0.2) is 64.0 Å². The first-order chi connectivity index (χ1) is 6.46. The molecule has 0 aromatic heterocycles. The van der Waals surface area contributed by atoms with Crippen LogP contribution in [0.15, 0.2) is 0 Å². The lowest BCUT2D eigenvalue weighted by Gasteiger charge is -2.42. The molecule has 0 bridgehead atoms. The van der Waals surface area contributed by atoms with Crippen LogP contribution >= 0.6 is 0 Å². The first kappa shape index (κ1) is 11.7. The van der Waals surface area contributed by atoms with Gasteiger partial charge in [0.25, 0.3) is 0 Å². The lowest BCUT2D eigenvalue weighted by Crippen LogP contribution is -2.64. The summed E-state index contributed by atoms with van der Waals surface area (Å²) in [5.74, 6) is -2.80. The van der Waals surface area contributed by atoms with E-state index in [2.05, 4.69) is 4.74 Å². The van der Waals surface area contributed by atoms with Crippen LogP contribution in [0.5, 0.6) is 0 Å². The first-order valence-corrected chi connectivity index (χ1v) is 4.03. The maximum absolute atomic E-state index is 13.1. The molecule has 1 fully saturated rings. The van der Waals surface area contributed by atoms with Crippen LogP contribution in [0.1, 0.15) is 0 Å². The number of rotatable bonds is 2. The highest BCUT2D eigenvalue weighted by molar-refractivity contribution is 4.96. The van der Waals surface area contributed by atoms with E-state index in [0.29, 0.717) is 0 Å². The molecular formula is C7H12F2O5. The second-order valence-corrected chi connectivity index (χ2v) is 3.20. The molecule has 0 spiro atoms. The van der Waals surface area contributed by atoms with Crippen molar-refractivity contribution in [2.24, 2.45) is 0 Å². The third-order valence-corrected chi connectivity index (χ3v) is 2.19. The van der Waals surface area contributed by atoms with Gasteiger partial charge in [-0.3, -0.25) is 0 Å². The van der Waals surface area contributed by atoms with Crippen LogP contribution in [0, 0.1) is 0 Å². The Morgan fingerprint density at radius 3 is 2.29 bits per heavy atom. The molecule has 0 radical (unpaired) electrons. The molecule has 84 valence electrons. The van der Waals surface area contributed by atoms with Gasteiger partial charge in [0.05, 0.1) is 6.61 Å². The molecule has 0 aromatic rings. The van der Waals surface area contributed by atoms with Crippen LogP contribution in [-0.2, 0) is 4.74 Å². The summed E-state index contributed by atoms with van der Waals surface area (Å²) in [5, 5.41) is 36.0. The van der Waals surface area contributed by atoms with Crippen LogP contribution in [0.3, 0.4) is 0 Å². The summed E-state index contributed by atoms with van der Waals surface area (Å²) in [4.78, 5) is 0. The van der Waals surface area contributed by atoms with Crippen LogP contribution in [0.4, 0.5) is 8.78 Å². The van der Waals surface area contributed by atoms with E-state index in [1.54, 1.807) is 0 Å². The number of halogens is 2. The molecule has 1 aliphatic heterocycles. The molecular weight excluding hydrogens is 202 g/mol. The van der Waals surface area contributed by atoms with Gasteiger partial charge in [0.1, 0.15) is 25.0 Å². The van der Waals surface area contributed by atoms with Crippen LogP contribution < -0.4 is 0 Å². The number of hydrogen-bond acceptors (Lipinski definition) is 5. The van der Waals surface area contributed by atoms with Crippen molar-refractivity contribution in [3.63, 3.8) is 0 Å².